The van der Waals surface area contributed by atoms with E-state index in [4.69, 9.17) is 5.73 Å². The number of hydrogen-bond donors (Lipinski definition) is 2. The molecular weight excluding hydrogens is 239 g/mol. The number of nitrogens with two attached hydrogens (primary N) is 1. The van der Waals surface area contributed by atoms with Gasteiger partial charge >= 0.3 is 0 Å². The molecule has 19 heavy (non-hydrogen) atoms. The second kappa shape index (κ2) is 5.74. The zero-order valence-corrected chi connectivity index (χ0v) is 11.3. The summed E-state index contributed by atoms with van der Waals surface area (Å²) in [5.41, 5.74) is 10.3. The maximum Gasteiger partial charge on any atom is 0.148 e. The first-order valence-electron chi connectivity index (χ1n) is 6.41. The molecule has 100 valence electrons. The van der Waals surface area contributed by atoms with Crippen LogP contribution < -0.4 is 11.1 Å². The second-order valence-electron chi connectivity index (χ2n) is 4.84. The zero-order valence-electron chi connectivity index (χ0n) is 11.3. The third-order valence-corrected chi connectivity index (χ3v) is 3.22. The summed E-state index contributed by atoms with van der Waals surface area (Å²) < 4.78 is 13.3. The van der Waals surface area contributed by atoms with Crippen molar-refractivity contribution in [2.75, 3.05) is 17.6 Å². The van der Waals surface area contributed by atoms with Crippen LogP contribution in [0.15, 0.2) is 36.4 Å². The van der Waals surface area contributed by atoms with Crippen LogP contribution in [0.25, 0.3) is 0 Å². The van der Waals surface area contributed by atoms with Gasteiger partial charge in [-0.15, -0.1) is 0 Å². The van der Waals surface area contributed by atoms with Crippen molar-refractivity contribution in [3.63, 3.8) is 0 Å². The van der Waals surface area contributed by atoms with Crippen molar-refractivity contribution in [1.29, 1.82) is 0 Å². The minimum Gasteiger partial charge on any atom is -0.396 e. The highest BCUT2D eigenvalue weighted by Gasteiger charge is 2.01. The van der Waals surface area contributed by atoms with E-state index in [-0.39, 0.29) is 11.5 Å². The average molecular weight is 258 g/mol. The van der Waals surface area contributed by atoms with E-state index in [2.05, 4.69) is 37.4 Å². The summed E-state index contributed by atoms with van der Waals surface area (Å²) in [7, 11) is 0. The first-order chi connectivity index (χ1) is 9.06. The monoisotopic (exact) mass is 258 g/mol. The van der Waals surface area contributed by atoms with Gasteiger partial charge in [0, 0.05) is 12.2 Å². The number of nitrogen functional groups attached to an aromatic ring is 1. The Morgan fingerprint density at radius 3 is 2.58 bits per heavy atom. The fourth-order valence-corrected chi connectivity index (χ4v) is 2.10. The van der Waals surface area contributed by atoms with Crippen LogP contribution in [-0.4, -0.2) is 6.54 Å². The van der Waals surface area contributed by atoms with E-state index in [0.717, 1.165) is 18.7 Å². The standard InChI is InChI=1S/C16H19FN2/c1-11-3-4-13(12(2)9-11)7-8-19-14-5-6-16(18)15(17)10-14/h3-6,9-10,19H,7-8,18H2,1-2H3. The number of hydrogen-bond acceptors (Lipinski definition) is 2. The molecule has 0 saturated heterocycles. The molecule has 0 radical (unpaired) electrons. The number of halogens is 1. The lowest BCUT2D eigenvalue weighted by atomic mass is 10.0. The molecule has 0 spiro atoms. The lowest BCUT2D eigenvalue weighted by Crippen LogP contribution is -2.06. The first-order valence-corrected chi connectivity index (χ1v) is 6.41. The first kappa shape index (κ1) is 13.4. The molecule has 0 aromatic heterocycles. The fourth-order valence-electron chi connectivity index (χ4n) is 2.10. The maximum absolute atomic E-state index is 13.3. The Hall–Kier alpha value is -2.03. The SMILES string of the molecule is Cc1ccc(CCNc2ccc(N)c(F)c2)c(C)c1. The van der Waals surface area contributed by atoms with Crippen LogP contribution >= 0.6 is 0 Å². The van der Waals surface area contributed by atoms with Gasteiger partial charge in [0.25, 0.3) is 0 Å². The van der Waals surface area contributed by atoms with Gasteiger partial charge in [-0.1, -0.05) is 23.8 Å². The topological polar surface area (TPSA) is 38.0 Å². The highest BCUT2D eigenvalue weighted by atomic mass is 19.1. The van der Waals surface area contributed by atoms with Gasteiger partial charge in [0.2, 0.25) is 0 Å². The molecule has 3 heteroatoms. The van der Waals surface area contributed by atoms with E-state index >= 15 is 0 Å². The molecule has 0 atom stereocenters. The van der Waals surface area contributed by atoms with Crippen molar-refractivity contribution in [3.8, 4) is 0 Å². The molecular formula is C16H19FN2. The predicted molar refractivity (Wildman–Crippen MR) is 78.9 cm³/mol. The highest BCUT2D eigenvalue weighted by molar-refractivity contribution is 5.52. The Morgan fingerprint density at radius 2 is 1.89 bits per heavy atom. The Morgan fingerprint density at radius 1 is 1.11 bits per heavy atom. The van der Waals surface area contributed by atoms with E-state index in [0.29, 0.717) is 0 Å². The molecule has 0 bridgehead atoms. The molecule has 3 N–H and O–H groups in total. The van der Waals surface area contributed by atoms with Gasteiger partial charge in [0.1, 0.15) is 5.82 Å². The minimum atomic E-state index is -0.378. The van der Waals surface area contributed by atoms with Crippen LogP contribution in [0.4, 0.5) is 15.8 Å². The summed E-state index contributed by atoms with van der Waals surface area (Å²) in [6.07, 6.45) is 0.915. The van der Waals surface area contributed by atoms with Crippen LogP contribution in [-0.2, 0) is 6.42 Å². The Labute approximate surface area is 113 Å². The third-order valence-electron chi connectivity index (χ3n) is 3.22. The molecule has 2 nitrogen and oxygen atoms in total. The summed E-state index contributed by atoms with van der Waals surface area (Å²) in [6, 6.07) is 11.2. The van der Waals surface area contributed by atoms with Gasteiger partial charge in [-0.05, 0) is 49.6 Å². The van der Waals surface area contributed by atoms with Crippen LogP contribution in [0.1, 0.15) is 16.7 Å². The van der Waals surface area contributed by atoms with Crippen LogP contribution in [0.2, 0.25) is 0 Å². The Bertz CT molecular complexity index is 579. The van der Waals surface area contributed by atoms with Crippen LogP contribution in [0.5, 0.6) is 0 Å². The molecule has 0 aliphatic rings. The zero-order chi connectivity index (χ0) is 13.8. The van der Waals surface area contributed by atoms with Gasteiger partial charge in [-0.25, -0.2) is 4.39 Å². The smallest absolute Gasteiger partial charge is 0.148 e. The lowest BCUT2D eigenvalue weighted by molar-refractivity contribution is 0.633. The van der Waals surface area contributed by atoms with E-state index in [1.54, 1.807) is 12.1 Å². The maximum atomic E-state index is 13.3. The summed E-state index contributed by atoms with van der Waals surface area (Å²) in [5.74, 6) is -0.378. The summed E-state index contributed by atoms with van der Waals surface area (Å²) in [4.78, 5) is 0. The van der Waals surface area contributed by atoms with Gasteiger partial charge in [-0.2, -0.15) is 0 Å². The van der Waals surface area contributed by atoms with Crippen molar-refractivity contribution in [1.82, 2.24) is 0 Å². The summed E-state index contributed by atoms with van der Waals surface area (Å²) >= 11 is 0. The lowest BCUT2D eigenvalue weighted by Gasteiger charge is -2.10. The molecule has 2 aromatic carbocycles. The normalized spacial score (nSPS) is 10.5. The number of aryl methyl sites for hydroxylation is 2. The van der Waals surface area contributed by atoms with E-state index < -0.39 is 0 Å². The summed E-state index contributed by atoms with van der Waals surface area (Å²) in [5, 5.41) is 3.21. The Balaban J connectivity index is 1.94. The minimum absolute atomic E-state index is 0.180. The highest BCUT2D eigenvalue weighted by Crippen LogP contribution is 2.16. The molecule has 0 amide bonds. The van der Waals surface area contributed by atoms with E-state index in [1.807, 2.05) is 0 Å². The quantitative estimate of drug-likeness (QED) is 0.821. The second-order valence-corrected chi connectivity index (χ2v) is 4.84. The van der Waals surface area contributed by atoms with E-state index in [1.165, 1.54) is 22.8 Å². The molecule has 0 heterocycles. The van der Waals surface area contributed by atoms with Crippen LogP contribution in [0.3, 0.4) is 0 Å². The van der Waals surface area contributed by atoms with Crippen LogP contribution in [0, 0.1) is 19.7 Å². The van der Waals surface area contributed by atoms with Crippen molar-refractivity contribution in [2.24, 2.45) is 0 Å². The molecule has 0 unspecified atom stereocenters. The molecule has 2 rings (SSSR count). The summed E-state index contributed by atoms with van der Waals surface area (Å²) in [6.45, 7) is 4.98. The van der Waals surface area contributed by atoms with Gasteiger partial charge in [-0.3, -0.25) is 0 Å². The Kier molecular flexibility index (Phi) is 4.05. The fraction of sp³-hybridized carbons (Fsp3) is 0.250. The average Bonchev–Trinajstić information content (AvgIpc) is 2.36. The largest absolute Gasteiger partial charge is 0.396 e. The van der Waals surface area contributed by atoms with Crippen molar-refractivity contribution >= 4 is 11.4 Å². The molecule has 2 aromatic rings. The molecule has 0 aliphatic heterocycles. The number of benzene rings is 2. The van der Waals surface area contributed by atoms with Gasteiger partial charge in [0.15, 0.2) is 0 Å². The number of anilines is 2. The third kappa shape index (κ3) is 3.47. The molecule has 0 fully saturated rings. The molecule has 0 saturated carbocycles. The van der Waals surface area contributed by atoms with Gasteiger partial charge < -0.3 is 11.1 Å². The number of nitrogens with one attached hydrogen (secondary N) is 1. The van der Waals surface area contributed by atoms with Crippen molar-refractivity contribution < 1.29 is 4.39 Å². The van der Waals surface area contributed by atoms with E-state index in [9.17, 15) is 4.39 Å². The number of rotatable bonds is 4. The van der Waals surface area contributed by atoms with Gasteiger partial charge in [0.05, 0.1) is 5.69 Å². The van der Waals surface area contributed by atoms with Crippen molar-refractivity contribution in [3.05, 3.63) is 58.9 Å². The predicted octanol–water partition coefficient (Wildman–Crippen LogP) is 3.68. The van der Waals surface area contributed by atoms with Crippen molar-refractivity contribution in [2.45, 2.75) is 20.3 Å². The molecule has 0 aliphatic carbocycles.